The predicted molar refractivity (Wildman–Crippen MR) is 110 cm³/mol. The first-order valence-electron chi connectivity index (χ1n) is 10.4. The highest BCUT2D eigenvalue weighted by atomic mass is 14.3. The van der Waals surface area contributed by atoms with Gasteiger partial charge in [-0.3, -0.25) is 0 Å². The Bertz CT molecular complexity index is 453. The van der Waals surface area contributed by atoms with E-state index in [1.807, 2.05) is 0 Å². The lowest BCUT2D eigenvalue weighted by Gasteiger charge is -2.30. The summed E-state index contributed by atoms with van der Waals surface area (Å²) in [5.74, 6) is 0. The second-order valence-electron chi connectivity index (χ2n) is 8.97. The zero-order valence-corrected chi connectivity index (χ0v) is 17.4. The summed E-state index contributed by atoms with van der Waals surface area (Å²) in [7, 11) is 0. The zero-order chi connectivity index (χ0) is 18.1. The standard InChI is InChI=1S/C24H42/c1-7-9-11-12-14-19-24(5,6)22-17-15-16-21(20-22)23(3,4)18-13-10-8-2/h15-17,20H,7-14,18-19H2,1-6H3. The van der Waals surface area contributed by atoms with Crippen molar-refractivity contribution in [3.05, 3.63) is 35.4 Å². The van der Waals surface area contributed by atoms with Crippen molar-refractivity contribution in [2.24, 2.45) is 0 Å². The minimum absolute atomic E-state index is 0.293. The van der Waals surface area contributed by atoms with Crippen molar-refractivity contribution < 1.29 is 0 Å². The fourth-order valence-electron chi connectivity index (χ4n) is 3.64. The molecule has 0 aliphatic rings. The minimum atomic E-state index is 0.293. The SMILES string of the molecule is CCCCCCCC(C)(C)c1cccc(C(C)(C)CCCCC)c1. The summed E-state index contributed by atoms with van der Waals surface area (Å²) >= 11 is 0. The summed E-state index contributed by atoms with van der Waals surface area (Å²) in [6.07, 6.45) is 13.5. The molecular weight excluding hydrogens is 288 g/mol. The molecule has 0 amide bonds. The minimum Gasteiger partial charge on any atom is -0.0654 e. The van der Waals surface area contributed by atoms with E-state index in [1.165, 1.54) is 75.3 Å². The van der Waals surface area contributed by atoms with Gasteiger partial charge in [0.25, 0.3) is 0 Å². The highest BCUT2D eigenvalue weighted by Crippen LogP contribution is 2.35. The molecule has 0 nitrogen and oxygen atoms in total. The Morgan fingerprint density at radius 3 is 1.54 bits per heavy atom. The van der Waals surface area contributed by atoms with Crippen molar-refractivity contribution in [2.75, 3.05) is 0 Å². The van der Waals surface area contributed by atoms with Gasteiger partial charge in [-0.2, -0.15) is 0 Å². The van der Waals surface area contributed by atoms with Crippen molar-refractivity contribution >= 4 is 0 Å². The predicted octanol–water partition coefficient (Wildman–Crippen LogP) is 8.18. The Hall–Kier alpha value is -0.780. The van der Waals surface area contributed by atoms with Crippen molar-refractivity contribution in [2.45, 2.75) is 117 Å². The van der Waals surface area contributed by atoms with Crippen LogP contribution in [0.1, 0.15) is 117 Å². The smallest absolute Gasteiger partial charge is 0.0103 e. The van der Waals surface area contributed by atoms with Crippen LogP contribution in [0.4, 0.5) is 0 Å². The Kier molecular flexibility index (Phi) is 9.09. The fraction of sp³-hybridized carbons (Fsp3) is 0.750. The third kappa shape index (κ3) is 6.99. The molecule has 0 atom stereocenters. The molecule has 0 aliphatic carbocycles. The molecule has 1 aromatic carbocycles. The second kappa shape index (κ2) is 10.3. The molecule has 24 heavy (non-hydrogen) atoms. The number of hydrogen-bond donors (Lipinski definition) is 0. The van der Waals surface area contributed by atoms with Gasteiger partial charge in [-0.05, 0) is 34.8 Å². The lowest BCUT2D eigenvalue weighted by molar-refractivity contribution is 0.434. The third-order valence-corrected chi connectivity index (χ3v) is 5.74. The number of rotatable bonds is 12. The summed E-state index contributed by atoms with van der Waals surface area (Å²) in [6.45, 7) is 14.3. The van der Waals surface area contributed by atoms with Gasteiger partial charge in [0.05, 0.1) is 0 Å². The van der Waals surface area contributed by atoms with Gasteiger partial charge in [-0.25, -0.2) is 0 Å². The van der Waals surface area contributed by atoms with E-state index in [1.54, 1.807) is 0 Å². The van der Waals surface area contributed by atoms with Gasteiger partial charge < -0.3 is 0 Å². The van der Waals surface area contributed by atoms with Gasteiger partial charge in [0.2, 0.25) is 0 Å². The molecule has 1 aromatic rings. The van der Waals surface area contributed by atoms with Crippen LogP contribution in [-0.2, 0) is 10.8 Å². The Morgan fingerprint density at radius 2 is 1.04 bits per heavy atom. The van der Waals surface area contributed by atoms with Crippen LogP contribution in [0, 0.1) is 0 Å². The van der Waals surface area contributed by atoms with Crippen molar-refractivity contribution in [1.82, 2.24) is 0 Å². The van der Waals surface area contributed by atoms with Gasteiger partial charge in [-0.1, -0.05) is 117 Å². The summed E-state index contributed by atoms with van der Waals surface area (Å²) in [6, 6.07) is 9.47. The largest absolute Gasteiger partial charge is 0.0654 e. The number of hydrogen-bond acceptors (Lipinski definition) is 0. The first kappa shape index (κ1) is 21.3. The van der Waals surface area contributed by atoms with Crippen molar-refractivity contribution in [1.29, 1.82) is 0 Å². The normalized spacial score (nSPS) is 12.6. The average Bonchev–Trinajstić information content (AvgIpc) is 2.55. The summed E-state index contributed by atoms with van der Waals surface area (Å²) in [5.41, 5.74) is 3.64. The van der Waals surface area contributed by atoms with E-state index < -0.39 is 0 Å². The third-order valence-electron chi connectivity index (χ3n) is 5.74. The van der Waals surface area contributed by atoms with Crippen LogP contribution in [0.15, 0.2) is 24.3 Å². The molecule has 0 saturated carbocycles. The molecule has 0 saturated heterocycles. The van der Waals surface area contributed by atoms with Gasteiger partial charge in [-0.15, -0.1) is 0 Å². The molecule has 0 heteroatoms. The molecule has 0 unspecified atom stereocenters. The Balaban J connectivity index is 2.71. The lowest BCUT2D eigenvalue weighted by atomic mass is 9.75. The Morgan fingerprint density at radius 1 is 0.625 bits per heavy atom. The summed E-state index contributed by atoms with van der Waals surface area (Å²) in [4.78, 5) is 0. The average molecular weight is 331 g/mol. The van der Waals surface area contributed by atoms with Crippen LogP contribution < -0.4 is 0 Å². The van der Waals surface area contributed by atoms with E-state index >= 15 is 0 Å². The van der Waals surface area contributed by atoms with Gasteiger partial charge in [0, 0.05) is 0 Å². The van der Waals surface area contributed by atoms with E-state index in [0.29, 0.717) is 10.8 Å². The highest BCUT2D eigenvalue weighted by Gasteiger charge is 2.24. The monoisotopic (exact) mass is 330 g/mol. The first-order valence-corrected chi connectivity index (χ1v) is 10.4. The molecule has 1 rings (SSSR count). The molecular formula is C24H42. The molecule has 0 aromatic heterocycles. The van der Waals surface area contributed by atoms with Crippen molar-refractivity contribution in [3.8, 4) is 0 Å². The van der Waals surface area contributed by atoms with E-state index in [4.69, 9.17) is 0 Å². The van der Waals surface area contributed by atoms with Gasteiger partial charge in [0.1, 0.15) is 0 Å². The van der Waals surface area contributed by atoms with Crippen LogP contribution in [0.25, 0.3) is 0 Å². The molecule has 0 fully saturated rings. The molecule has 138 valence electrons. The van der Waals surface area contributed by atoms with Crippen LogP contribution in [0.2, 0.25) is 0 Å². The van der Waals surface area contributed by atoms with Crippen LogP contribution >= 0.6 is 0 Å². The molecule has 0 radical (unpaired) electrons. The van der Waals surface area contributed by atoms with Crippen LogP contribution in [-0.4, -0.2) is 0 Å². The van der Waals surface area contributed by atoms with Gasteiger partial charge >= 0.3 is 0 Å². The topological polar surface area (TPSA) is 0 Å². The first-order chi connectivity index (χ1) is 11.3. The molecule has 0 bridgehead atoms. The molecule has 0 spiro atoms. The van der Waals surface area contributed by atoms with E-state index in [0.717, 1.165) is 0 Å². The number of unbranched alkanes of at least 4 members (excludes halogenated alkanes) is 6. The fourth-order valence-corrected chi connectivity index (χ4v) is 3.64. The zero-order valence-electron chi connectivity index (χ0n) is 17.4. The van der Waals surface area contributed by atoms with Crippen LogP contribution in [0.3, 0.4) is 0 Å². The number of benzene rings is 1. The molecule has 0 heterocycles. The quantitative estimate of drug-likeness (QED) is 0.339. The van der Waals surface area contributed by atoms with E-state index in [2.05, 4.69) is 65.8 Å². The van der Waals surface area contributed by atoms with E-state index in [-0.39, 0.29) is 0 Å². The second-order valence-corrected chi connectivity index (χ2v) is 8.97. The lowest BCUT2D eigenvalue weighted by Crippen LogP contribution is -2.21. The maximum atomic E-state index is 2.50. The van der Waals surface area contributed by atoms with Crippen LogP contribution in [0.5, 0.6) is 0 Å². The van der Waals surface area contributed by atoms with Crippen molar-refractivity contribution in [3.63, 3.8) is 0 Å². The molecule has 0 aliphatic heterocycles. The van der Waals surface area contributed by atoms with Gasteiger partial charge in [0.15, 0.2) is 0 Å². The Labute approximate surface area is 152 Å². The highest BCUT2D eigenvalue weighted by molar-refractivity contribution is 5.33. The maximum Gasteiger partial charge on any atom is -0.0103 e. The maximum absolute atomic E-state index is 2.50. The summed E-state index contributed by atoms with van der Waals surface area (Å²) < 4.78 is 0. The summed E-state index contributed by atoms with van der Waals surface area (Å²) in [5, 5.41) is 0. The molecule has 0 N–H and O–H groups in total. The van der Waals surface area contributed by atoms with E-state index in [9.17, 15) is 0 Å².